The van der Waals surface area contributed by atoms with Crippen LogP contribution in [0.1, 0.15) is 5.56 Å². The third-order valence-electron chi connectivity index (χ3n) is 2.45. The van der Waals surface area contributed by atoms with Crippen LogP contribution in [0.25, 0.3) is 0 Å². The first kappa shape index (κ1) is 11.1. The molecule has 0 unspecified atom stereocenters. The molecule has 1 nitrogen and oxygen atoms in total. The van der Waals surface area contributed by atoms with Gasteiger partial charge in [0.05, 0.1) is 12.2 Å². The molecule has 0 saturated heterocycles. The van der Waals surface area contributed by atoms with Crippen molar-refractivity contribution in [2.75, 3.05) is 13.1 Å². The molecule has 1 heteroatoms. The second-order valence-corrected chi connectivity index (χ2v) is 3.68. The molecule has 0 radical (unpaired) electrons. The van der Waals surface area contributed by atoms with Crippen molar-refractivity contribution in [3.8, 4) is 24.2 Å². The molecule has 0 saturated carbocycles. The van der Waals surface area contributed by atoms with Crippen molar-refractivity contribution in [3.05, 3.63) is 59.8 Å². The Hall–Kier alpha value is -2.38. The standard InChI is InChI=1S/C16H13N/c1-2-13-17-14-7-6-10-16(17)12-11-15-8-4-3-5-9-15/h1,3-10H,13-14H2. The first-order chi connectivity index (χ1) is 8.40. The van der Waals surface area contributed by atoms with Crippen molar-refractivity contribution in [1.29, 1.82) is 0 Å². The largest absolute Gasteiger partial charge is 0.350 e. The summed E-state index contributed by atoms with van der Waals surface area (Å²) < 4.78 is 0. The minimum absolute atomic E-state index is 0.597. The van der Waals surface area contributed by atoms with E-state index in [1.807, 2.05) is 42.5 Å². The van der Waals surface area contributed by atoms with Gasteiger partial charge in [-0.2, -0.15) is 0 Å². The molecule has 2 rings (SSSR count). The normalized spacial score (nSPS) is 13.4. The Morgan fingerprint density at radius 3 is 2.76 bits per heavy atom. The van der Waals surface area contributed by atoms with Gasteiger partial charge in [-0.15, -0.1) is 6.42 Å². The van der Waals surface area contributed by atoms with E-state index in [1.54, 1.807) is 0 Å². The van der Waals surface area contributed by atoms with Gasteiger partial charge in [-0.25, -0.2) is 0 Å². The van der Waals surface area contributed by atoms with Crippen molar-refractivity contribution in [3.63, 3.8) is 0 Å². The Labute approximate surface area is 102 Å². The zero-order chi connectivity index (χ0) is 11.9. The highest BCUT2D eigenvalue weighted by Crippen LogP contribution is 2.08. The van der Waals surface area contributed by atoms with Gasteiger partial charge in [0.1, 0.15) is 0 Å². The van der Waals surface area contributed by atoms with E-state index in [0.29, 0.717) is 6.54 Å². The van der Waals surface area contributed by atoms with E-state index < -0.39 is 0 Å². The molecule has 0 N–H and O–H groups in total. The van der Waals surface area contributed by atoms with Crippen LogP contribution >= 0.6 is 0 Å². The van der Waals surface area contributed by atoms with Gasteiger partial charge in [0.15, 0.2) is 0 Å². The predicted octanol–water partition coefficient (Wildman–Crippen LogP) is 2.43. The molecule has 1 aromatic carbocycles. The number of hydrogen-bond acceptors (Lipinski definition) is 1. The molecule has 1 heterocycles. The van der Waals surface area contributed by atoms with Crippen LogP contribution < -0.4 is 0 Å². The summed E-state index contributed by atoms with van der Waals surface area (Å²) in [5.41, 5.74) is 2.00. The lowest BCUT2D eigenvalue weighted by atomic mass is 10.2. The third kappa shape index (κ3) is 3.03. The van der Waals surface area contributed by atoms with Crippen LogP contribution in [0, 0.1) is 24.2 Å². The molecular formula is C16H13N. The Kier molecular flexibility index (Phi) is 3.68. The molecule has 0 aliphatic carbocycles. The Morgan fingerprint density at radius 1 is 1.18 bits per heavy atom. The van der Waals surface area contributed by atoms with Gasteiger partial charge in [-0.05, 0) is 24.1 Å². The van der Waals surface area contributed by atoms with Gasteiger partial charge in [0, 0.05) is 12.1 Å². The Morgan fingerprint density at radius 2 is 2.00 bits per heavy atom. The van der Waals surface area contributed by atoms with Crippen molar-refractivity contribution in [1.82, 2.24) is 4.90 Å². The molecule has 1 aromatic rings. The molecule has 17 heavy (non-hydrogen) atoms. The maximum atomic E-state index is 5.34. The first-order valence-corrected chi connectivity index (χ1v) is 5.52. The van der Waals surface area contributed by atoms with Crippen molar-refractivity contribution >= 4 is 0 Å². The zero-order valence-corrected chi connectivity index (χ0v) is 9.56. The summed E-state index contributed by atoms with van der Waals surface area (Å²) in [7, 11) is 0. The Balaban J connectivity index is 2.18. The summed E-state index contributed by atoms with van der Waals surface area (Å²) in [5, 5.41) is 0. The molecular weight excluding hydrogens is 206 g/mol. The Bertz CT molecular complexity index is 532. The van der Waals surface area contributed by atoms with Gasteiger partial charge < -0.3 is 4.90 Å². The molecule has 0 spiro atoms. The van der Waals surface area contributed by atoms with Crippen LogP contribution in [0.5, 0.6) is 0 Å². The van der Waals surface area contributed by atoms with Crippen molar-refractivity contribution in [2.45, 2.75) is 0 Å². The summed E-state index contributed by atoms with van der Waals surface area (Å²) in [6.07, 6.45) is 11.4. The van der Waals surface area contributed by atoms with Gasteiger partial charge in [0.2, 0.25) is 0 Å². The molecule has 0 amide bonds. The van der Waals surface area contributed by atoms with Crippen LogP contribution in [-0.4, -0.2) is 18.0 Å². The fraction of sp³-hybridized carbons (Fsp3) is 0.125. The van der Waals surface area contributed by atoms with E-state index in [4.69, 9.17) is 6.42 Å². The van der Waals surface area contributed by atoms with Crippen LogP contribution in [0.3, 0.4) is 0 Å². The fourth-order valence-electron chi connectivity index (χ4n) is 1.59. The van der Waals surface area contributed by atoms with Gasteiger partial charge >= 0.3 is 0 Å². The summed E-state index contributed by atoms with van der Waals surface area (Å²) in [6, 6.07) is 9.95. The second kappa shape index (κ2) is 5.64. The van der Waals surface area contributed by atoms with E-state index in [0.717, 1.165) is 17.8 Å². The minimum atomic E-state index is 0.597. The number of hydrogen-bond donors (Lipinski definition) is 0. The minimum Gasteiger partial charge on any atom is -0.350 e. The third-order valence-corrected chi connectivity index (χ3v) is 2.45. The average molecular weight is 219 g/mol. The lowest BCUT2D eigenvalue weighted by molar-refractivity contribution is 0.441. The molecule has 0 atom stereocenters. The number of benzene rings is 1. The smallest absolute Gasteiger partial charge is 0.0893 e. The molecule has 0 aromatic heterocycles. The van der Waals surface area contributed by atoms with E-state index in [1.165, 1.54) is 0 Å². The fourth-order valence-corrected chi connectivity index (χ4v) is 1.59. The number of allylic oxidation sites excluding steroid dienone is 3. The van der Waals surface area contributed by atoms with Crippen LogP contribution in [0.4, 0.5) is 0 Å². The lowest BCUT2D eigenvalue weighted by Gasteiger charge is -2.22. The van der Waals surface area contributed by atoms with Crippen LogP contribution in [0.2, 0.25) is 0 Å². The molecule has 1 aliphatic heterocycles. The SMILES string of the molecule is C#CCN1CC=CC=C1C#Cc1ccccc1. The molecule has 0 fully saturated rings. The number of rotatable bonds is 1. The number of terminal acetylenes is 1. The van der Waals surface area contributed by atoms with Gasteiger partial charge in [-0.3, -0.25) is 0 Å². The zero-order valence-electron chi connectivity index (χ0n) is 9.56. The quantitative estimate of drug-likeness (QED) is 0.656. The lowest BCUT2D eigenvalue weighted by Crippen LogP contribution is -2.24. The highest BCUT2D eigenvalue weighted by atomic mass is 15.1. The summed E-state index contributed by atoms with van der Waals surface area (Å²) >= 11 is 0. The van der Waals surface area contributed by atoms with Crippen molar-refractivity contribution < 1.29 is 0 Å². The molecule has 1 aliphatic rings. The summed E-state index contributed by atoms with van der Waals surface area (Å²) in [4.78, 5) is 2.08. The maximum absolute atomic E-state index is 5.34. The van der Waals surface area contributed by atoms with Gasteiger partial charge in [0.25, 0.3) is 0 Å². The monoisotopic (exact) mass is 219 g/mol. The first-order valence-electron chi connectivity index (χ1n) is 5.52. The molecule has 0 bridgehead atoms. The highest BCUT2D eigenvalue weighted by molar-refractivity contribution is 5.42. The van der Waals surface area contributed by atoms with Crippen LogP contribution in [-0.2, 0) is 0 Å². The van der Waals surface area contributed by atoms with Crippen molar-refractivity contribution in [2.24, 2.45) is 0 Å². The molecule has 82 valence electrons. The topological polar surface area (TPSA) is 3.24 Å². The van der Waals surface area contributed by atoms with E-state index in [9.17, 15) is 0 Å². The van der Waals surface area contributed by atoms with E-state index in [2.05, 4.69) is 28.7 Å². The average Bonchev–Trinajstić information content (AvgIpc) is 2.39. The van der Waals surface area contributed by atoms with Crippen LogP contribution in [0.15, 0.2) is 54.3 Å². The number of nitrogens with zero attached hydrogens (tertiary/aromatic N) is 1. The maximum Gasteiger partial charge on any atom is 0.0893 e. The van der Waals surface area contributed by atoms with Gasteiger partial charge in [-0.1, -0.05) is 42.2 Å². The second-order valence-electron chi connectivity index (χ2n) is 3.68. The highest BCUT2D eigenvalue weighted by Gasteiger charge is 2.06. The predicted molar refractivity (Wildman–Crippen MR) is 70.9 cm³/mol. The summed E-state index contributed by atoms with van der Waals surface area (Å²) in [6.45, 7) is 1.43. The van der Waals surface area contributed by atoms with E-state index >= 15 is 0 Å². The van der Waals surface area contributed by atoms with E-state index in [-0.39, 0.29) is 0 Å². The summed E-state index contributed by atoms with van der Waals surface area (Å²) in [5.74, 6) is 8.95.